The molecule has 0 aromatic heterocycles. The Kier molecular flexibility index (Phi) is 4.86. The average molecular weight is 285 g/mol. The fourth-order valence-corrected chi connectivity index (χ4v) is 2.25. The molecule has 0 bridgehead atoms. The zero-order chi connectivity index (χ0) is 15.4. The van der Waals surface area contributed by atoms with Crippen LogP contribution >= 0.6 is 0 Å². The van der Waals surface area contributed by atoms with Gasteiger partial charge in [0.1, 0.15) is 18.1 Å². The molecule has 0 unspecified atom stereocenters. The zero-order valence-electron chi connectivity index (χ0n) is 13.1. The van der Waals surface area contributed by atoms with Gasteiger partial charge in [-0.1, -0.05) is 29.8 Å². The number of rotatable bonds is 5. The van der Waals surface area contributed by atoms with E-state index in [9.17, 15) is 0 Å². The van der Waals surface area contributed by atoms with Crippen molar-refractivity contribution in [2.24, 2.45) is 5.73 Å². The van der Waals surface area contributed by atoms with Crippen LogP contribution in [0.15, 0.2) is 36.4 Å². The van der Waals surface area contributed by atoms with Gasteiger partial charge in [0, 0.05) is 17.7 Å². The van der Waals surface area contributed by atoms with Crippen molar-refractivity contribution in [1.82, 2.24) is 0 Å². The molecule has 2 rings (SSSR count). The minimum atomic E-state index is -0.0792. The fourth-order valence-electron chi connectivity index (χ4n) is 2.25. The molecular weight excluding hydrogens is 262 g/mol. The molecule has 0 heterocycles. The molecular formula is C18H23NO2. The maximum Gasteiger partial charge on any atom is 0.128 e. The van der Waals surface area contributed by atoms with Crippen molar-refractivity contribution in [1.29, 1.82) is 0 Å². The van der Waals surface area contributed by atoms with Crippen molar-refractivity contribution >= 4 is 0 Å². The van der Waals surface area contributed by atoms with Crippen molar-refractivity contribution in [3.05, 3.63) is 58.7 Å². The summed E-state index contributed by atoms with van der Waals surface area (Å²) >= 11 is 0. The molecule has 3 heteroatoms. The maximum absolute atomic E-state index is 6.01. The van der Waals surface area contributed by atoms with Crippen LogP contribution in [-0.2, 0) is 6.61 Å². The van der Waals surface area contributed by atoms with Crippen molar-refractivity contribution in [2.45, 2.75) is 33.4 Å². The summed E-state index contributed by atoms with van der Waals surface area (Å²) in [5, 5.41) is 0. The lowest BCUT2D eigenvalue weighted by atomic mass is 10.1. The van der Waals surface area contributed by atoms with Crippen molar-refractivity contribution < 1.29 is 9.47 Å². The Morgan fingerprint density at radius 2 is 1.86 bits per heavy atom. The van der Waals surface area contributed by atoms with E-state index in [4.69, 9.17) is 15.2 Å². The van der Waals surface area contributed by atoms with Crippen LogP contribution in [0.5, 0.6) is 11.5 Å². The molecule has 0 aliphatic heterocycles. The lowest BCUT2D eigenvalue weighted by Gasteiger charge is -2.16. The molecule has 0 radical (unpaired) electrons. The van der Waals surface area contributed by atoms with Crippen LogP contribution in [0.3, 0.4) is 0 Å². The maximum atomic E-state index is 6.01. The van der Waals surface area contributed by atoms with Gasteiger partial charge in [0.15, 0.2) is 0 Å². The van der Waals surface area contributed by atoms with E-state index in [0.717, 1.165) is 17.1 Å². The Labute approximate surface area is 126 Å². The van der Waals surface area contributed by atoms with Crippen LogP contribution in [0.25, 0.3) is 0 Å². The summed E-state index contributed by atoms with van der Waals surface area (Å²) in [5.74, 6) is 1.56. The summed E-state index contributed by atoms with van der Waals surface area (Å²) in [4.78, 5) is 0. The van der Waals surface area contributed by atoms with Crippen LogP contribution in [0.2, 0.25) is 0 Å². The molecule has 0 saturated carbocycles. The molecule has 112 valence electrons. The predicted molar refractivity (Wildman–Crippen MR) is 85.8 cm³/mol. The van der Waals surface area contributed by atoms with Gasteiger partial charge in [-0.25, -0.2) is 0 Å². The third-order valence-electron chi connectivity index (χ3n) is 3.60. The normalized spacial score (nSPS) is 12.0. The van der Waals surface area contributed by atoms with E-state index in [1.54, 1.807) is 7.11 Å². The average Bonchev–Trinajstić information content (AvgIpc) is 2.47. The summed E-state index contributed by atoms with van der Waals surface area (Å²) in [6.07, 6.45) is 0. The molecule has 2 aromatic rings. The lowest BCUT2D eigenvalue weighted by Crippen LogP contribution is -2.08. The van der Waals surface area contributed by atoms with Gasteiger partial charge >= 0.3 is 0 Å². The topological polar surface area (TPSA) is 44.5 Å². The minimum Gasteiger partial charge on any atom is -0.497 e. The van der Waals surface area contributed by atoms with E-state index in [-0.39, 0.29) is 6.04 Å². The van der Waals surface area contributed by atoms with Crippen LogP contribution < -0.4 is 15.2 Å². The highest BCUT2D eigenvalue weighted by atomic mass is 16.5. The molecule has 0 spiro atoms. The van der Waals surface area contributed by atoms with Gasteiger partial charge in [0.2, 0.25) is 0 Å². The number of methoxy groups -OCH3 is 1. The second kappa shape index (κ2) is 6.64. The van der Waals surface area contributed by atoms with E-state index >= 15 is 0 Å². The number of ether oxygens (including phenoxy) is 2. The first-order valence-corrected chi connectivity index (χ1v) is 7.13. The van der Waals surface area contributed by atoms with Gasteiger partial charge in [-0.3, -0.25) is 0 Å². The second-order valence-corrected chi connectivity index (χ2v) is 5.41. The van der Waals surface area contributed by atoms with Gasteiger partial charge in [0.25, 0.3) is 0 Å². The number of hydrogen-bond acceptors (Lipinski definition) is 3. The summed E-state index contributed by atoms with van der Waals surface area (Å²) in [6.45, 7) is 6.66. The third kappa shape index (κ3) is 3.76. The Balaban J connectivity index is 2.24. The highest BCUT2D eigenvalue weighted by Gasteiger charge is 2.10. The fraction of sp³-hybridized carbons (Fsp3) is 0.333. The van der Waals surface area contributed by atoms with Crippen LogP contribution in [-0.4, -0.2) is 7.11 Å². The third-order valence-corrected chi connectivity index (χ3v) is 3.60. The van der Waals surface area contributed by atoms with Gasteiger partial charge < -0.3 is 15.2 Å². The summed E-state index contributed by atoms with van der Waals surface area (Å²) in [5.41, 5.74) is 10.6. The molecule has 0 saturated heterocycles. The number of benzene rings is 2. The van der Waals surface area contributed by atoms with E-state index in [1.807, 2.05) is 25.1 Å². The summed E-state index contributed by atoms with van der Waals surface area (Å²) in [6, 6.07) is 12.1. The lowest BCUT2D eigenvalue weighted by molar-refractivity contribution is 0.298. The first kappa shape index (κ1) is 15.4. The van der Waals surface area contributed by atoms with Crippen molar-refractivity contribution in [3.8, 4) is 11.5 Å². The SMILES string of the molecule is COc1ccc([C@H](C)N)c(OCc2cc(C)ccc2C)c1. The van der Waals surface area contributed by atoms with Crippen LogP contribution in [0.1, 0.15) is 35.2 Å². The Bertz CT molecular complexity index is 621. The Morgan fingerprint density at radius 1 is 1.10 bits per heavy atom. The standard InChI is InChI=1S/C18H23NO2/c1-12-5-6-13(2)15(9-12)11-21-18-10-16(20-4)7-8-17(18)14(3)19/h5-10,14H,11,19H2,1-4H3/t14-/m0/s1. The quantitative estimate of drug-likeness (QED) is 0.905. The monoisotopic (exact) mass is 285 g/mol. The van der Waals surface area contributed by atoms with Crippen LogP contribution in [0.4, 0.5) is 0 Å². The van der Waals surface area contributed by atoms with Gasteiger partial charge in [0.05, 0.1) is 7.11 Å². The molecule has 0 fully saturated rings. The molecule has 0 aliphatic carbocycles. The smallest absolute Gasteiger partial charge is 0.128 e. The molecule has 3 nitrogen and oxygen atoms in total. The molecule has 2 N–H and O–H groups in total. The van der Waals surface area contributed by atoms with Gasteiger partial charge in [-0.2, -0.15) is 0 Å². The predicted octanol–water partition coefficient (Wildman–Crippen LogP) is 3.91. The highest BCUT2D eigenvalue weighted by molar-refractivity contribution is 5.42. The van der Waals surface area contributed by atoms with E-state index in [1.165, 1.54) is 16.7 Å². The molecule has 0 amide bonds. The zero-order valence-corrected chi connectivity index (χ0v) is 13.1. The first-order valence-electron chi connectivity index (χ1n) is 7.13. The van der Waals surface area contributed by atoms with Crippen molar-refractivity contribution in [3.63, 3.8) is 0 Å². The van der Waals surface area contributed by atoms with Crippen LogP contribution in [0, 0.1) is 13.8 Å². The van der Waals surface area contributed by atoms with Gasteiger partial charge in [-0.15, -0.1) is 0 Å². The Morgan fingerprint density at radius 3 is 2.52 bits per heavy atom. The van der Waals surface area contributed by atoms with E-state index in [2.05, 4.69) is 32.0 Å². The number of nitrogens with two attached hydrogens (primary N) is 1. The minimum absolute atomic E-state index is 0.0792. The molecule has 0 aliphatic rings. The first-order chi connectivity index (χ1) is 10.0. The molecule has 2 aromatic carbocycles. The van der Waals surface area contributed by atoms with Gasteiger partial charge in [-0.05, 0) is 38.0 Å². The number of aryl methyl sites for hydroxylation is 2. The van der Waals surface area contributed by atoms with E-state index in [0.29, 0.717) is 6.61 Å². The van der Waals surface area contributed by atoms with E-state index < -0.39 is 0 Å². The Hall–Kier alpha value is -2.00. The molecule has 1 atom stereocenters. The summed E-state index contributed by atoms with van der Waals surface area (Å²) < 4.78 is 11.3. The van der Waals surface area contributed by atoms with Crippen molar-refractivity contribution in [2.75, 3.05) is 7.11 Å². The number of hydrogen-bond donors (Lipinski definition) is 1. The molecule has 21 heavy (non-hydrogen) atoms. The second-order valence-electron chi connectivity index (χ2n) is 5.41. The largest absolute Gasteiger partial charge is 0.497 e. The highest BCUT2D eigenvalue weighted by Crippen LogP contribution is 2.29. The summed E-state index contributed by atoms with van der Waals surface area (Å²) in [7, 11) is 1.65.